The summed E-state index contributed by atoms with van der Waals surface area (Å²) in [5.41, 5.74) is 1.70. The van der Waals surface area contributed by atoms with E-state index in [1.807, 2.05) is 23.1 Å². The molecule has 0 unspecified atom stereocenters. The maximum atomic E-state index is 12.4. The molecule has 2 N–H and O–H groups in total. The second-order valence-corrected chi connectivity index (χ2v) is 6.90. The summed E-state index contributed by atoms with van der Waals surface area (Å²) in [5.74, 6) is 0.601. The molecule has 2 fully saturated rings. The number of hydrogen-bond acceptors (Lipinski definition) is 4. The van der Waals surface area contributed by atoms with E-state index in [-0.39, 0.29) is 18.5 Å². The van der Waals surface area contributed by atoms with E-state index < -0.39 is 0 Å². The van der Waals surface area contributed by atoms with Gasteiger partial charge in [0.1, 0.15) is 0 Å². The molecule has 2 heterocycles. The first-order valence-electron chi connectivity index (χ1n) is 9.07. The van der Waals surface area contributed by atoms with Gasteiger partial charge in [-0.15, -0.1) is 0 Å². The molecular weight excluding hydrogens is 320 g/mol. The van der Waals surface area contributed by atoms with E-state index in [1.54, 1.807) is 0 Å². The molecule has 7 nitrogen and oxygen atoms in total. The number of urea groups is 1. The summed E-state index contributed by atoms with van der Waals surface area (Å²) in [6.07, 6.45) is 4.64. The van der Waals surface area contributed by atoms with Gasteiger partial charge in [0, 0.05) is 32.2 Å². The van der Waals surface area contributed by atoms with Crippen LogP contribution in [-0.4, -0.2) is 55.7 Å². The third kappa shape index (κ3) is 3.36. The average Bonchev–Trinajstić information content (AvgIpc) is 3.14. The molecule has 7 heteroatoms. The number of hydrogen-bond donors (Lipinski definition) is 2. The molecule has 0 bridgehead atoms. The number of para-hydroxylation sites is 1. The molecule has 0 spiro atoms. The van der Waals surface area contributed by atoms with Crippen molar-refractivity contribution in [2.24, 2.45) is 0 Å². The van der Waals surface area contributed by atoms with Crippen LogP contribution in [0, 0.1) is 0 Å². The van der Waals surface area contributed by atoms with Crippen molar-refractivity contribution >= 4 is 23.3 Å². The van der Waals surface area contributed by atoms with Gasteiger partial charge in [0.25, 0.3) is 5.91 Å². The third-order valence-electron chi connectivity index (χ3n) is 5.21. The van der Waals surface area contributed by atoms with Crippen LogP contribution < -0.4 is 20.3 Å². The quantitative estimate of drug-likeness (QED) is 0.858. The molecule has 1 aromatic rings. The molecule has 3 aliphatic rings. The standard InChI is InChI=1S/C18H24N4O3/c23-16-12-25-17-14(20-16)6-3-7-15(17)21-8-10-22(11-9-21)18(24)19-13-4-1-2-5-13/h3,6-7,13H,1-2,4-5,8-12H2,(H,19,24)(H,20,23). The van der Waals surface area contributed by atoms with Gasteiger partial charge in [-0.25, -0.2) is 4.79 Å². The lowest BCUT2D eigenvalue weighted by molar-refractivity contribution is -0.118. The SMILES string of the molecule is O=C1COc2c(cccc2N2CCN(C(=O)NC3CCCC3)CC2)N1. The number of carbonyl (C=O) groups excluding carboxylic acids is 2. The fourth-order valence-corrected chi connectivity index (χ4v) is 3.83. The number of nitrogens with zero attached hydrogens (tertiary/aromatic N) is 2. The number of amides is 3. The molecule has 1 aliphatic carbocycles. The molecule has 3 amide bonds. The Bertz CT molecular complexity index is 664. The minimum Gasteiger partial charge on any atom is -0.479 e. The van der Waals surface area contributed by atoms with Crippen LogP contribution in [0.1, 0.15) is 25.7 Å². The predicted octanol–water partition coefficient (Wildman–Crippen LogP) is 1.79. The van der Waals surface area contributed by atoms with Crippen LogP contribution in [0.25, 0.3) is 0 Å². The maximum absolute atomic E-state index is 12.4. The number of anilines is 2. The Morgan fingerprint density at radius 2 is 1.92 bits per heavy atom. The van der Waals surface area contributed by atoms with Gasteiger partial charge in [0.2, 0.25) is 0 Å². The Morgan fingerprint density at radius 1 is 1.16 bits per heavy atom. The number of fused-ring (bicyclic) bond motifs is 1. The molecule has 2 aliphatic heterocycles. The topological polar surface area (TPSA) is 73.9 Å². The number of rotatable bonds is 2. The molecule has 0 aromatic heterocycles. The molecule has 25 heavy (non-hydrogen) atoms. The average molecular weight is 344 g/mol. The summed E-state index contributed by atoms with van der Waals surface area (Å²) in [6.45, 7) is 2.94. The zero-order chi connectivity index (χ0) is 17.2. The van der Waals surface area contributed by atoms with Crippen LogP contribution >= 0.6 is 0 Å². The van der Waals surface area contributed by atoms with Crippen molar-refractivity contribution in [3.63, 3.8) is 0 Å². The lowest BCUT2D eigenvalue weighted by atomic mass is 10.2. The molecule has 1 saturated heterocycles. The van der Waals surface area contributed by atoms with E-state index in [9.17, 15) is 9.59 Å². The van der Waals surface area contributed by atoms with E-state index >= 15 is 0 Å². The number of benzene rings is 1. The van der Waals surface area contributed by atoms with Crippen molar-refractivity contribution in [1.29, 1.82) is 0 Å². The fourth-order valence-electron chi connectivity index (χ4n) is 3.83. The summed E-state index contributed by atoms with van der Waals surface area (Å²) >= 11 is 0. The van der Waals surface area contributed by atoms with Gasteiger partial charge in [-0.2, -0.15) is 0 Å². The van der Waals surface area contributed by atoms with Crippen LogP contribution in [0.4, 0.5) is 16.2 Å². The first kappa shape index (κ1) is 16.1. The van der Waals surface area contributed by atoms with E-state index in [0.717, 1.165) is 43.1 Å². The summed E-state index contributed by atoms with van der Waals surface area (Å²) < 4.78 is 5.64. The zero-order valence-electron chi connectivity index (χ0n) is 14.3. The first-order chi connectivity index (χ1) is 12.2. The van der Waals surface area contributed by atoms with E-state index in [0.29, 0.717) is 19.1 Å². The summed E-state index contributed by atoms with van der Waals surface area (Å²) in [4.78, 5) is 28.0. The largest absolute Gasteiger partial charge is 0.479 e. The lowest BCUT2D eigenvalue weighted by Crippen LogP contribution is -2.53. The Morgan fingerprint density at radius 3 is 2.68 bits per heavy atom. The molecular formula is C18H24N4O3. The van der Waals surface area contributed by atoms with E-state index in [4.69, 9.17) is 4.74 Å². The smallest absolute Gasteiger partial charge is 0.317 e. The van der Waals surface area contributed by atoms with Gasteiger partial charge in [-0.3, -0.25) is 4.79 Å². The third-order valence-corrected chi connectivity index (χ3v) is 5.21. The van der Waals surface area contributed by atoms with Crippen LogP contribution in [0.15, 0.2) is 18.2 Å². The molecule has 134 valence electrons. The van der Waals surface area contributed by atoms with Crippen molar-refractivity contribution in [1.82, 2.24) is 10.2 Å². The highest BCUT2D eigenvalue weighted by molar-refractivity contribution is 5.97. The van der Waals surface area contributed by atoms with Crippen molar-refractivity contribution in [2.45, 2.75) is 31.7 Å². The highest BCUT2D eigenvalue weighted by atomic mass is 16.5. The minimum atomic E-state index is -0.127. The second kappa shape index (κ2) is 6.82. The Hall–Kier alpha value is -2.44. The number of carbonyl (C=O) groups is 2. The van der Waals surface area contributed by atoms with Crippen molar-refractivity contribution in [3.8, 4) is 5.75 Å². The molecule has 1 saturated carbocycles. The van der Waals surface area contributed by atoms with Gasteiger partial charge in [0.15, 0.2) is 12.4 Å². The van der Waals surface area contributed by atoms with Gasteiger partial charge >= 0.3 is 6.03 Å². The van der Waals surface area contributed by atoms with Crippen LogP contribution in [-0.2, 0) is 4.79 Å². The Labute approximate surface area is 147 Å². The van der Waals surface area contributed by atoms with E-state index in [2.05, 4.69) is 15.5 Å². The van der Waals surface area contributed by atoms with Crippen molar-refractivity contribution < 1.29 is 14.3 Å². The summed E-state index contributed by atoms with van der Waals surface area (Å²) in [6, 6.07) is 6.18. The van der Waals surface area contributed by atoms with Gasteiger partial charge in [0.05, 0.1) is 11.4 Å². The maximum Gasteiger partial charge on any atom is 0.317 e. The normalized spacial score (nSPS) is 20.7. The number of piperazine rings is 1. The highest BCUT2D eigenvalue weighted by Gasteiger charge is 2.27. The second-order valence-electron chi connectivity index (χ2n) is 6.90. The lowest BCUT2D eigenvalue weighted by Gasteiger charge is -2.37. The molecule has 0 radical (unpaired) electrons. The predicted molar refractivity (Wildman–Crippen MR) is 95.1 cm³/mol. The summed E-state index contributed by atoms with van der Waals surface area (Å²) in [5, 5.41) is 6.00. The van der Waals surface area contributed by atoms with Crippen LogP contribution in [0.5, 0.6) is 5.75 Å². The van der Waals surface area contributed by atoms with Gasteiger partial charge in [-0.05, 0) is 25.0 Å². The molecule has 0 atom stereocenters. The highest BCUT2D eigenvalue weighted by Crippen LogP contribution is 2.38. The number of nitrogens with one attached hydrogen (secondary N) is 2. The van der Waals surface area contributed by atoms with Crippen molar-refractivity contribution in [2.75, 3.05) is 43.0 Å². The van der Waals surface area contributed by atoms with Crippen LogP contribution in [0.2, 0.25) is 0 Å². The monoisotopic (exact) mass is 344 g/mol. The Balaban J connectivity index is 1.38. The van der Waals surface area contributed by atoms with Gasteiger partial charge < -0.3 is 25.2 Å². The van der Waals surface area contributed by atoms with Crippen molar-refractivity contribution in [3.05, 3.63) is 18.2 Å². The molecule has 4 rings (SSSR count). The molecule has 1 aromatic carbocycles. The van der Waals surface area contributed by atoms with Crippen LogP contribution in [0.3, 0.4) is 0 Å². The number of ether oxygens (including phenoxy) is 1. The first-order valence-corrected chi connectivity index (χ1v) is 9.07. The Kier molecular flexibility index (Phi) is 4.38. The van der Waals surface area contributed by atoms with E-state index in [1.165, 1.54) is 12.8 Å². The van der Waals surface area contributed by atoms with Gasteiger partial charge in [-0.1, -0.05) is 18.9 Å². The summed E-state index contributed by atoms with van der Waals surface area (Å²) in [7, 11) is 0. The zero-order valence-corrected chi connectivity index (χ0v) is 14.3. The minimum absolute atomic E-state index is 0.0494. The fraction of sp³-hybridized carbons (Fsp3) is 0.556.